The van der Waals surface area contributed by atoms with E-state index in [0.29, 0.717) is 30.7 Å². The molecule has 0 amide bonds. The van der Waals surface area contributed by atoms with Crippen LogP contribution in [0.15, 0.2) is 22.6 Å². The number of nitrogens with zero attached hydrogens (tertiary/aromatic N) is 5. The summed E-state index contributed by atoms with van der Waals surface area (Å²) in [5.41, 5.74) is 1.60. The highest BCUT2D eigenvalue weighted by Gasteiger charge is 2.31. The summed E-state index contributed by atoms with van der Waals surface area (Å²) in [4.78, 5) is 16.0. The topological polar surface area (TPSA) is 89.8 Å². The number of pyridine rings is 1. The lowest BCUT2D eigenvalue weighted by Gasteiger charge is -2.34. The largest absolute Gasteiger partial charge is 0.481 e. The Morgan fingerprint density at radius 3 is 2.72 bits per heavy atom. The van der Waals surface area contributed by atoms with Crippen LogP contribution in [0.3, 0.4) is 0 Å². The molecule has 0 N–H and O–H groups in total. The van der Waals surface area contributed by atoms with E-state index in [2.05, 4.69) is 26.2 Å². The van der Waals surface area contributed by atoms with Gasteiger partial charge in [-0.2, -0.15) is 4.36 Å². The fourth-order valence-corrected chi connectivity index (χ4v) is 5.07. The normalized spacial score (nSPS) is 21.5. The third-order valence-corrected chi connectivity index (χ3v) is 7.43. The molecule has 1 saturated carbocycles. The summed E-state index contributed by atoms with van der Waals surface area (Å²) < 4.78 is 28.4. The maximum absolute atomic E-state index is 13.0. The number of hydrogen-bond donors (Lipinski definition) is 0. The molecule has 2 atom stereocenters. The molecule has 1 saturated heterocycles. The lowest BCUT2D eigenvalue weighted by atomic mass is 10.2. The van der Waals surface area contributed by atoms with Crippen molar-refractivity contribution < 1.29 is 13.7 Å². The number of rotatable bonds is 5. The van der Waals surface area contributed by atoms with E-state index in [4.69, 9.17) is 14.5 Å². The van der Waals surface area contributed by atoms with Crippen LogP contribution in [0.4, 0.5) is 11.6 Å². The standard InChI is InChI=1S/C20H27N5O3S/c1-13-9-15(10-19(21-13)27-3)20-22-17(24-29(4,26)16-5-6-16)11-18(23-20)25-7-8-28-12-14(25)2/h9-11,14,16H,5-8,12H2,1-4H3/t14-,29-/m1/s1. The van der Waals surface area contributed by atoms with E-state index >= 15 is 0 Å². The molecule has 2 aromatic heterocycles. The van der Waals surface area contributed by atoms with Gasteiger partial charge in [0.15, 0.2) is 11.6 Å². The fraction of sp³-hybridized carbons (Fsp3) is 0.550. The zero-order chi connectivity index (χ0) is 20.6. The molecule has 2 aromatic rings. The Labute approximate surface area is 171 Å². The van der Waals surface area contributed by atoms with E-state index in [9.17, 15) is 4.21 Å². The van der Waals surface area contributed by atoms with Crippen LogP contribution >= 0.6 is 0 Å². The lowest BCUT2D eigenvalue weighted by Crippen LogP contribution is -2.44. The molecular formula is C20H27N5O3S. The number of morpholine rings is 1. The van der Waals surface area contributed by atoms with Crippen LogP contribution in [0, 0.1) is 6.92 Å². The number of anilines is 1. The van der Waals surface area contributed by atoms with Crippen LogP contribution in [0.5, 0.6) is 5.88 Å². The summed E-state index contributed by atoms with van der Waals surface area (Å²) in [6.07, 6.45) is 3.65. The first-order valence-electron chi connectivity index (χ1n) is 9.83. The van der Waals surface area contributed by atoms with Crippen LogP contribution in [0.1, 0.15) is 25.5 Å². The van der Waals surface area contributed by atoms with Gasteiger partial charge in [0.05, 0.1) is 36.1 Å². The van der Waals surface area contributed by atoms with Gasteiger partial charge in [-0.3, -0.25) is 0 Å². The Hall–Kier alpha value is -2.26. The molecule has 2 aliphatic rings. The number of aryl methyl sites for hydroxylation is 1. The molecule has 2 fully saturated rings. The molecule has 1 aliphatic carbocycles. The van der Waals surface area contributed by atoms with Gasteiger partial charge in [-0.25, -0.2) is 19.2 Å². The Kier molecular flexibility index (Phi) is 5.44. The van der Waals surface area contributed by atoms with E-state index in [1.807, 2.05) is 25.1 Å². The Balaban J connectivity index is 1.84. The minimum absolute atomic E-state index is 0.162. The predicted octanol–water partition coefficient (Wildman–Crippen LogP) is 2.97. The van der Waals surface area contributed by atoms with Gasteiger partial charge in [-0.05, 0) is 32.8 Å². The van der Waals surface area contributed by atoms with Crippen molar-refractivity contribution in [3.63, 3.8) is 0 Å². The van der Waals surface area contributed by atoms with Crippen LogP contribution in [0.2, 0.25) is 0 Å². The zero-order valence-electron chi connectivity index (χ0n) is 17.3. The SMILES string of the molecule is COc1cc(-c2nc(N=[S@](C)(=O)C3CC3)cc(N3CCOC[C@H]3C)n2)cc(C)n1. The third-order valence-electron chi connectivity index (χ3n) is 5.18. The molecule has 156 valence electrons. The van der Waals surface area contributed by atoms with Gasteiger partial charge in [0.1, 0.15) is 5.82 Å². The monoisotopic (exact) mass is 417 g/mol. The first kappa shape index (κ1) is 20.0. The second-order valence-electron chi connectivity index (χ2n) is 7.72. The van der Waals surface area contributed by atoms with Gasteiger partial charge in [0, 0.05) is 41.4 Å². The molecule has 0 radical (unpaired) electrons. The molecule has 1 aliphatic heterocycles. The molecule has 29 heavy (non-hydrogen) atoms. The summed E-state index contributed by atoms with van der Waals surface area (Å²) in [5.74, 6) is 2.25. The minimum atomic E-state index is -2.32. The average molecular weight is 418 g/mol. The number of hydrogen-bond acceptors (Lipinski definition) is 8. The summed E-state index contributed by atoms with van der Waals surface area (Å²) in [6.45, 7) is 6.02. The maximum atomic E-state index is 13.0. The molecule has 0 aromatic carbocycles. The molecule has 8 nitrogen and oxygen atoms in total. The minimum Gasteiger partial charge on any atom is -0.481 e. The van der Waals surface area contributed by atoms with Crippen molar-refractivity contribution in [2.24, 2.45) is 4.36 Å². The van der Waals surface area contributed by atoms with Crippen molar-refractivity contribution in [2.75, 3.05) is 38.0 Å². The Bertz CT molecular complexity index is 1030. The molecule has 0 bridgehead atoms. The van der Waals surface area contributed by atoms with E-state index < -0.39 is 9.73 Å². The highest BCUT2D eigenvalue weighted by atomic mass is 32.2. The Morgan fingerprint density at radius 1 is 1.24 bits per heavy atom. The zero-order valence-corrected chi connectivity index (χ0v) is 18.1. The maximum Gasteiger partial charge on any atom is 0.213 e. The third kappa shape index (κ3) is 4.51. The van der Waals surface area contributed by atoms with Crippen molar-refractivity contribution in [3.05, 3.63) is 23.9 Å². The molecule has 9 heteroatoms. The highest BCUT2D eigenvalue weighted by Crippen LogP contribution is 2.33. The first-order valence-corrected chi connectivity index (χ1v) is 11.8. The molecule has 0 spiro atoms. The van der Waals surface area contributed by atoms with E-state index in [1.165, 1.54) is 0 Å². The van der Waals surface area contributed by atoms with Crippen molar-refractivity contribution in [2.45, 2.75) is 38.0 Å². The van der Waals surface area contributed by atoms with Crippen molar-refractivity contribution in [3.8, 4) is 17.3 Å². The van der Waals surface area contributed by atoms with E-state index in [0.717, 1.165) is 36.5 Å². The number of ether oxygens (including phenoxy) is 2. The molecular weight excluding hydrogens is 390 g/mol. The molecule has 0 unspecified atom stereocenters. The van der Waals surface area contributed by atoms with Gasteiger partial charge in [-0.15, -0.1) is 0 Å². The summed E-state index contributed by atoms with van der Waals surface area (Å²) in [5, 5.41) is 0.162. The van der Waals surface area contributed by atoms with Gasteiger partial charge < -0.3 is 14.4 Å². The van der Waals surface area contributed by atoms with Gasteiger partial charge >= 0.3 is 0 Å². The second-order valence-corrected chi connectivity index (χ2v) is 10.3. The first-order chi connectivity index (χ1) is 13.9. The van der Waals surface area contributed by atoms with Crippen molar-refractivity contribution in [1.29, 1.82) is 0 Å². The average Bonchev–Trinajstić information content (AvgIpc) is 3.53. The van der Waals surface area contributed by atoms with Crippen LogP contribution in [0.25, 0.3) is 11.4 Å². The summed E-state index contributed by atoms with van der Waals surface area (Å²) in [6, 6.07) is 5.74. The highest BCUT2D eigenvalue weighted by molar-refractivity contribution is 7.93. The van der Waals surface area contributed by atoms with Crippen LogP contribution < -0.4 is 9.64 Å². The fourth-order valence-electron chi connectivity index (χ4n) is 3.45. The second kappa shape index (κ2) is 7.87. The van der Waals surface area contributed by atoms with Gasteiger partial charge in [0.2, 0.25) is 5.88 Å². The quantitative estimate of drug-likeness (QED) is 0.739. The molecule has 3 heterocycles. The summed E-state index contributed by atoms with van der Waals surface area (Å²) >= 11 is 0. The number of methoxy groups -OCH3 is 1. The van der Waals surface area contributed by atoms with Crippen LogP contribution in [-0.2, 0) is 14.5 Å². The van der Waals surface area contributed by atoms with E-state index in [1.54, 1.807) is 13.4 Å². The Morgan fingerprint density at radius 2 is 2.03 bits per heavy atom. The van der Waals surface area contributed by atoms with E-state index in [-0.39, 0.29) is 11.3 Å². The van der Waals surface area contributed by atoms with Crippen molar-refractivity contribution in [1.82, 2.24) is 15.0 Å². The van der Waals surface area contributed by atoms with Gasteiger partial charge in [0.25, 0.3) is 0 Å². The van der Waals surface area contributed by atoms with Crippen molar-refractivity contribution >= 4 is 21.4 Å². The van der Waals surface area contributed by atoms with Gasteiger partial charge in [-0.1, -0.05) is 0 Å². The smallest absolute Gasteiger partial charge is 0.213 e. The predicted molar refractivity (Wildman–Crippen MR) is 113 cm³/mol. The molecule has 4 rings (SSSR count). The van der Waals surface area contributed by atoms with Crippen LogP contribution in [-0.4, -0.2) is 63.6 Å². The summed E-state index contributed by atoms with van der Waals surface area (Å²) in [7, 11) is -0.732. The lowest BCUT2D eigenvalue weighted by molar-refractivity contribution is 0.0985. The number of aromatic nitrogens is 3.